The number of methoxy groups -OCH3 is 1. The summed E-state index contributed by atoms with van der Waals surface area (Å²) >= 11 is 0. The Kier molecular flexibility index (Phi) is 5.20. The lowest BCUT2D eigenvalue weighted by Crippen LogP contribution is -2.49. The minimum Gasteiger partial charge on any atom is -0.469 e. The van der Waals surface area contributed by atoms with Crippen molar-refractivity contribution in [2.75, 3.05) is 46.4 Å². The number of piperazine rings is 1. The van der Waals surface area contributed by atoms with Crippen molar-refractivity contribution in [3.8, 4) is 0 Å². The van der Waals surface area contributed by atoms with E-state index in [1.807, 2.05) is 4.90 Å². The average molecular weight is 254 g/mol. The predicted molar refractivity (Wildman–Crippen MR) is 55.6 cm³/mol. The fourth-order valence-corrected chi connectivity index (χ4v) is 1.78. The van der Waals surface area contributed by atoms with Gasteiger partial charge in [-0.15, -0.1) is 0 Å². The highest BCUT2D eigenvalue weighted by Gasteiger charge is 2.32. The van der Waals surface area contributed by atoms with Crippen LogP contribution in [0.25, 0.3) is 0 Å². The highest BCUT2D eigenvalue weighted by Crippen LogP contribution is 2.17. The second-order valence-corrected chi connectivity index (χ2v) is 4.06. The Morgan fingerprint density at radius 2 is 1.71 bits per heavy atom. The molecule has 0 aliphatic carbocycles. The first-order chi connectivity index (χ1) is 7.90. The van der Waals surface area contributed by atoms with Crippen molar-refractivity contribution in [3.63, 3.8) is 0 Å². The number of carbonyl (C=O) groups is 1. The smallest absolute Gasteiger partial charge is 0.401 e. The van der Waals surface area contributed by atoms with Crippen LogP contribution < -0.4 is 0 Å². The van der Waals surface area contributed by atoms with Crippen molar-refractivity contribution >= 4 is 5.97 Å². The summed E-state index contributed by atoms with van der Waals surface area (Å²) in [6.45, 7) is 1.60. The molecule has 7 heteroatoms. The van der Waals surface area contributed by atoms with Crippen molar-refractivity contribution in [3.05, 3.63) is 0 Å². The van der Waals surface area contributed by atoms with Crippen LogP contribution in [0.15, 0.2) is 0 Å². The summed E-state index contributed by atoms with van der Waals surface area (Å²) in [5.74, 6) is -0.289. The van der Waals surface area contributed by atoms with Gasteiger partial charge in [-0.1, -0.05) is 0 Å². The molecule has 0 saturated carbocycles. The van der Waals surface area contributed by atoms with E-state index in [0.29, 0.717) is 32.7 Å². The molecule has 1 saturated heterocycles. The van der Waals surface area contributed by atoms with E-state index in [-0.39, 0.29) is 12.4 Å². The maximum atomic E-state index is 12.1. The van der Waals surface area contributed by atoms with Gasteiger partial charge in [-0.3, -0.25) is 9.69 Å². The maximum Gasteiger partial charge on any atom is 0.401 e. The quantitative estimate of drug-likeness (QED) is 0.692. The summed E-state index contributed by atoms with van der Waals surface area (Å²) in [4.78, 5) is 14.3. The Balaban J connectivity index is 2.19. The number of halogens is 3. The van der Waals surface area contributed by atoms with Crippen LogP contribution in [-0.2, 0) is 9.53 Å². The van der Waals surface area contributed by atoms with E-state index < -0.39 is 12.7 Å². The number of hydrogen-bond acceptors (Lipinski definition) is 4. The van der Waals surface area contributed by atoms with Crippen LogP contribution in [0.4, 0.5) is 13.2 Å². The van der Waals surface area contributed by atoms with E-state index in [1.54, 1.807) is 0 Å². The standard InChI is InChI=1S/C10H17F3N2O2/c1-17-9(16)2-3-14-4-6-15(7-5-14)8-10(11,12)13/h2-8H2,1H3. The molecule has 0 unspecified atom stereocenters. The summed E-state index contributed by atoms with van der Waals surface area (Å²) in [5.41, 5.74) is 0. The molecule has 1 aliphatic heterocycles. The predicted octanol–water partition coefficient (Wildman–Crippen LogP) is 0.729. The summed E-state index contributed by atoms with van der Waals surface area (Å²) in [5, 5.41) is 0. The lowest BCUT2D eigenvalue weighted by atomic mass is 10.3. The lowest BCUT2D eigenvalue weighted by Gasteiger charge is -2.34. The number of hydrogen-bond donors (Lipinski definition) is 0. The molecule has 100 valence electrons. The largest absolute Gasteiger partial charge is 0.469 e. The molecule has 0 aromatic heterocycles. The molecule has 0 radical (unpaired) electrons. The molecule has 17 heavy (non-hydrogen) atoms. The monoisotopic (exact) mass is 254 g/mol. The number of rotatable bonds is 4. The van der Waals surface area contributed by atoms with Gasteiger partial charge in [-0.25, -0.2) is 0 Å². The number of esters is 1. The first-order valence-electron chi connectivity index (χ1n) is 5.49. The van der Waals surface area contributed by atoms with Crippen molar-refractivity contribution in [2.24, 2.45) is 0 Å². The molecule has 0 aromatic carbocycles. The van der Waals surface area contributed by atoms with Gasteiger partial charge in [-0.2, -0.15) is 13.2 Å². The van der Waals surface area contributed by atoms with Gasteiger partial charge in [0.25, 0.3) is 0 Å². The van der Waals surface area contributed by atoms with E-state index in [2.05, 4.69) is 4.74 Å². The minimum absolute atomic E-state index is 0.287. The highest BCUT2D eigenvalue weighted by molar-refractivity contribution is 5.69. The number of nitrogens with zero attached hydrogens (tertiary/aromatic N) is 2. The van der Waals surface area contributed by atoms with Crippen molar-refractivity contribution < 1.29 is 22.7 Å². The van der Waals surface area contributed by atoms with E-state index in [0.717, 1.165) is 0 Å². The SMILES string of the molecule is COC(=O)CCN1CCN(CC(F)(F)F)CC1. The summed E-state index contributed by atoms with van der Waals surface area (Å²) < 4.78 is 40.9. The number of alkyl halides is 3. The van der Waals surface area contributed by atoms with Gasteiger partial charge in [-0.05, 0) is 0 Å². The Bertz CT molecular complexity index is 250. The maximum absolute atomic E-state index is 12.1. The van der Waals surface area contributed by atoms with Crippen LogP contribution in [-0.4, -0.2) is 68.3 Å². The molecular formula is C10H17F3N2O2. The lowest BCUT2D eigenvalue weighted by molar-refractivity contribution is -0.149. The molecule has 0 bridgehead atoms. The summed E-state index contributed by atoms with van der Waals surface area (Å²) in [6, 6.07) is 0. The molecule has 1 aliphatic rings. The van der Waals surface area contributed by atoms with Gasteiger partial charge in [0.2, 0.25) is 0 Å². The Morgan fingerprint density at radius 3 is 2.18 bits per heavy atom. The van der Waals surface area contributed by atoms with Crippen LogP contribution in [0.3, 0.4) is 0 Å². The topological polar surface area (TPSA) is 32.8 Å². The Labute approximate surface area is 98.3 Å². The Morgan fingerprint density at radius 1 is 1.18 bits per heavy atom. The summed E-state index contributed by atoms with van der Waals surface area (Å²) in [7, 11) is 1.32. The normalized spacial score (nSPS) is 19.3. The third-order valence-electron chi connectivity index (χ3n) is 2.73. The molecular weight excluding hydrogens is 237 g/mol. The van der Waals surface area contributed by atoms with E-state index >= 15 is 0 Å². The van der Waals surface area contributed by atoms with Gasteiger partial charge in [0.05, 0.1) is 20.1 Å². The average Bonchev–Trinajstić information content (AvgIpc) is 2.25. The highest BCUT2D eigenvalue weighted by atomic mass is 19.4. The fraction of sp³-hybridized carbons (Fsp3) is 0.900. The zero-order chi connectivity index (χ0) is 12.9. The molecule has 1 heterocycles. The zero-order valence-electron chi connectivity index (χ0n) is 9.79. The molecule has 0 amide bonds. The third kappa shape index (κ3) is 5.88. The van der Waals surface area contributed by atoms with E-state index in [4.69, 9.17) is 0 Å². The summed E-state index contributed by atoms with van der Waals surface area (Å²) in [6.07, 6.45) is -3.84. The van der Waals surface area contributed by atoms with Crippen LogP contribution in [0, 0.1) is 0 Å². The third-order valence-corrected chi connectivity index (χ3v) is 2.73. The molecule has 0 aromatic rings. The molecule has 4 nitrogen and oxygen atoms in total. The zero-order valence-corrected chi connectivity index (χ0v) is 9.79. The first-order valence-corrected chi connectivity index (χ1v) is 5.49. The van der Waals surface area contributed by atoms with Gasteiger partial charge < -0.3 is 9.64 Å². The van der Waals surface area contributed by atoms with Crippen LogP contribution in [0.2, 0.25) is 0 Å². The van der Waals surface area contributed by atoms with E-state index in [1.165, 1.54) is 12.0 Å². The van der Waals surface area contributed by atoms with Crippen molar-refractivity contribution in [2.45, 2.75) is 12.6 Å². The van der Waals surface area contributed by atoms with Crippen LogP contribution in [0.5, 0.6) is 0 Å². The molecule has 0 spiro atoms. The molecule has 1 rings (SSSR count). The van der Waals surface area contributed by atoms with Gasteiger partial charge >= 0.3 is 12.1 Å². The Hall–Kier alpha value is -0.820. The van der Waals surface area contributed by atoms with Crippen LogP contribution in [0.1, 0.15) is 6.42 Å². The van der Waals surface area contributed by atoms with Crippen molar-refractivity contribution in [1.82, 2.24) is 9.80 Å². The number of ether oxygens (including phenoxy) is 1. The van der Waals surface area contributed by atoms with Gasteiger partial charge in [0.1, 0.15) is 0 Å². The van der Waals surface area contributed by atoms with Gasteiger partial charge in [0, 0.05) is 32.7 Å². The fourth-order valence-electron chi connectivity index (χ4n) is 1.78. The first kappa shape index (κ1) is 14.2. The molecule has 1 fully saturated rings. The van der Waals surface area contributed by atoms with Crippen LogP contribution >= 0.6 is 0 Å². The molecule has 0 N–H and O–H groups in total. The van der Waals surface area contributed by atoms with E-state index in [9.17, 15) is 18.0 Å². The van der Waals surface area contributed by atoms with Gasteiger partial charge in [0.15, 0.2) is 0 Å². The second kappa shape index (κ2) is 6.20. The van der Waals surface area contributed by atoms with Crippen molar-refractivity contribution in [1.29, 1.82) is 0 Å². The second-order valence-electron chi connectivity index (χ2n) is 4.06. The number of carbonyl (C=O) groups excluding carboxylic acids is 1. The minimum atomic E-state index is -4.13. The molecule has 0 atom stereocenters.